The quantitative estimate of drug-likeness (QED) is 0.721. The standard InChI is InChI=1S/C19H21N3O/c1-11-20-10-12-5-4-6-16-17(18(12)21-11)14-9-13(19(2,3)23)7-8-15(14)22-16/h7-10,22-23H,4-6H2,1-3H3. The van der Waals surface area contributed by atoms with Crippen molar-refractivity contribution in [2.45, 2.75) is 45.6 Å². The number of hydrogen-bond acceptors (Lipinski definition) is 3. The zero-order valence-corrected chi connectivity index (χ0v) is 13.8. The van der Waals surface area contributed by atoms with Gasteiger partial charge in [-0.1, -0.05) is 6.07 Å². The van der Waals surface area contributed by atoms with Crippen LogP contribution < -0.4 is 0 Å². The molecule has 4 rings (SSSR count). The fourth-order valence-corrected chi connectivity index (χ4v) is 3.44. The van der Waals surface area contributed by atoms with Crippen molar-refractivity contribution in [3.05, 3.63) is 47.0 Å². The zero-order chi connectivity index (χ0) is 16.2. The highest BCUT2D eigenvalue weighted by Crippen LogP contribution is 2.38. The van der Waals surface area contributed by atoms with Gasteiger partial charge in [0.05, 0.1) is 11.3 Å². The van der Waals surface area contributed by atoms with E-state index in [1.165, 1.54) is 16.8 Å². The van der Waals surface area contributed by atoms with Gasteiger partial charge >= 0.3 is 0 Å². The maximum atomic E-state index is 10.3. The average Bonchev–Trinajstić information content (AvgIpc) is 2.75. The Labute approximate surface area is 135 Å². The number of benzene rings is 1. The molecular weight excluding hydrogens is 286 g/mol. The van der Waals surface area contributed by atoms with E-state index in [4.69, 9.17) is 4.98 Å². The summed E-state index contributed by atoms with van der Waals surface area (Å²) in [7, 11) is 0. The predicted molar refractivity (Wildman–Crippen MR) is 91.3 cm³/mol. The van der Waals surface area contributed by atoms with Gasteiger partial charge < -0.3 is 10.1 Å². The Hall–Kier alpha value is -2.20. The summed E-state index contributed by atoms with van der Waals surface area (Å²) in [5, 5.41) is 11.5. The molecule has 3 aromatic rings. The molecule has 4 nitrogen and oxygen atoms in total. The van der Waals surface area contributed by atoms with Gasteiger partial charge in [-0.15, -0.1) is 0 Å². The van der Waals surface area contributed by atoms with Crippen LogP contribution in [0.2, 0.25) is 0 Å². The van der Waals surface area contributed by atoms with E-state index < -0.39 is 5.60 Å². The van der Waals surface area contributed by atoms with Crippen LogP contribution in [0, 0.1) is 6.92 Å². The molecule has 2 N–H and O–H groups in total. The highest BCUT2D eigenvalue weighted by Gasteiger charge is 2.23. The molecule has 0 spiro atoms. The van der Waals surface area contributed by atoms with Crippen LogP contribution in [-0.4, -0.2) is 20.1 Å². The average molecular weight is 307 g/mol. The van der Waals surface area contributed by atoms with Crippen LogP contribution >= 0.6 is 0 Å². The summed E-state index contributed by atoms with van der Waals surface area (Å²) in [6, 6.07) is 6.15. The summed E-state index contributed by atoms with van der Waals surface area (Å²) in [6.45, 7) is 5.57. The third kappa shape index (κ3) is 2.34. The minimum Gasteiger partial charge on any atom is -0.386 e. The summed E-state index contributed by atoms with van der Waals surface area (Å²) in [5.74, 6) is 0.796. The number of aromatic amines is 1. The molecular formula is C19H21N3O. The topological polar surface area (TPSA) is 61.8 Å². The van der Waals surface area contributed by atoms with Crippen molar-refractivity contribution >= 4 is 10.9 Å². The van der Waals surface area contributed by atoms with E-state index in [9.17, 15) is 5.11 Å². The number of hydrogen-bond donors (Lipinski definition) is 2. The number of nitrogens with one attached hydrogen (secondary N) is 1. The van der Waals surface area contributed by atoms with Crippen molar-refractivity contribution in [1.29, 1.82) is 0 Å². The van der Waals surface area contributed by atoms with Gasteiger partial charge in [0.1, 0.15) is 5.82 Å². The van der Waals surface area contributed by atoms with Crippen LogP contribution in [0.3, 0.4) is 0 Å². The number of aromatic nitrogens is 3. The van der Waals surface area contributed by atoms with E-state index in [2.05, 4.69) is 22.1 Å². The molecule has 0 unspecified atom stereocenters. The Balaban J connectivity index is 2.05. The van der Waals surface area contributed by atoms with E-state index in [1.54, 1.807) is 0 Å². The third-order valence-corrected chi connectivity index (χ3v) is 4.68. The molecule has 1 aromatic carbocycles. The number of nitrogens with zero attached hydrogens (tertiary/aromatic N) is 2. The van der Waals surface area contributed by atoms with Gasteiger partial charge in [0, 0.05) is 28.4 Å². The normalized spacial score (nSPS) is 14.4. The van der Waals surface area contributed by atoms with Crippen LogP contribution in [0.4, 0.5) is 0 Å². The summed E-state index contributed by atoms with van der Waals surface area (Å²) in [4.78, 5) is 12.7. The first-order valence-corrected chi connectivity index (χ1v) is 8.14. The molecule has 0 atom stereocenters. The van der Waals surface area contributed by atoms with Gasteiger partial charge in [-0.3, -0.25) is 0 Å². The van der Waals surface area contributed by atoms with Crippen molar-refractivity contribution in [3.8, 4) is 11.3 Å². The lowest BCUT2D eigenvalue weighted by Gasteiger charge is -2.18. The van der Waals surface area contributed by atoms with Gasteiger partial charge in [-0.05, 0) is 63.3 Å². The molecule has 2 aromatic heterocycles. The number of H-pyrrole nitrogens is 1. The molecule has 0 amide bonds. The molecule has 0 fully saturated rings. The highest BCUT2D eigenvalue weighted by molar-refractivity contribution is 5.98. The molecule has 0 bridgehead atoms. The Bertz CT molecular complexity index is 903. The Kier molecular flexibility index (Phi) is 3.07. The lowest BCUT2D eigenvalue weighted by Crippen LogP contribution is -2.14. The number of aliphatic hydroxyl groups is 1. The maximum Gasteiger partial charge on any atom is 0.125 e. The second kappa shape index (κ2) is 4.90. The van der Waals surface area contributed by atoms with Crippen molar-refractivity contribution in [3.63, 3.8) is 0 Å². The number of fused-ring (bicyclic) bond motifs is 5. The minimum absolute atomic E-state index is 0.796. The zero-order valence-electron chi connectivity index (χ0n) is 13.8. The summed E-state index contributed by atoms with van der Waals surface area (Å²) >= 11 is 0. The SMILES string of the molecule is Cc1ncc2c(n1)-c1c([nH]c3ccc(C(C)(C)O)cc13)CCC2. The molecule has 0 saturated heterocycles. The first kappa shape index (κ1) is 14.4. The number of aryl methyl sites for hydroxylation is 3. The van der Waals surface area contributed by atoms with Crippen molar-refractivity contribution in [2.75, 3.05) is 0 Å². The molecule has 118 valence electrons. The van der Waals surface area contributed by atoms with E-state index in [1.807, 2.05) is 33.0 Å². The first-order chi connectivity index (χ1) is 10.9. The Morgan fingerprint density at radius 1 is 1.22 bits per heavy atom. The second-order valence-corrected chi connectivity index (χ2v) is 6.94. The molecule has 0 radical (unpaired) electrons. The minimum atomic E-state index is -0.854. The van der Waals surface area contributed by atoms with Gasteiger partial charge in [-0.25, -0.2) is 9.97 Å². The monoisotopic (exact) mass is 307 g/mol. The summed E-state index contributed by atoms with van der Waals surface area (Å²) in [6.07, 6.45) is 5.07. The lowest BCUT2D eigenvalue weighted by molar-refractivity contribution is 0.0787. The van der Waals surface area contributed by atoms with Gasteiger partial charge in [0.25, 0.3) is 0 Å². The highest BCUT2D eigenvalue weighted by atomic mass is 16.3. The van der Waals surface area contributed by atoms with Crippen LogP contribution in [0.25, 0.3) is 22.2 Å². The van der Waals surface area contributed by atoms with Crippen LogP contribution in [0.15, 0.2) is 24.4 Å². The van der Waals surface area contributed by atoms with E-state index >= 15 is 0 Å². The van der Waals surface area contributed by atoms with Crippen molar-refractivity contribution < 1.29 is 5.11 Å². The Morgan fingerprint density at radius 2 is 2.04 bits per heavy atom. The fourth-order valence-electron chi connectivity index (χ4n) is 3.44. The van der Waals surface area contributed by atoms with Crippen molar-refractivity contribution in [1.82, 2.24) is 15.0 Å². The molecule has 0 aliphatic heterocycles. The van der Waals surface area contributed by atoms with E-state index in [-0.39, 0.29) is 0 Å². The first-order valence-electron chi connectivity index (χ1n) is 8.14. The lowest BCUT2D eigenvalue weighted by atomic mass is 9.95. The van der Waals surface area contributed by atoms with Crippen molar-refractivity contribution in [2.24, 2.45) is 0 Å². The van der Waals surface area contributed by atoms with Gasteiger partial charge in [0.2, 0.25) is 0 Å². The van der Waals surface area contributed by atoms with Gasteiger partial charge in [0.15, 0.2) is 0 Å². The summed E-state index contributed by atoms with van der Waals surface area (Å²) < 4.78 is 0. The van der Waals surface area contributed by atoms with Crippen LogP contribution in [-0.2, 0) is 18.4 Å². The van der Waals surface area contributed by atoms with Crippen LogP contribution in [0.5, 0.6) is 0 Å². The van der Waals surface area contributed by atoms with Crippen LogP contribution in [0.1, 0.15) is 42.9 Å². The second-order valence-electron chi connectivity index (χ2n) is 6.94. The third-order valence-electron chi connectivity index (χ3n) is 4.68. The van der Waals surface area contributed by atoms with Gasteiger partial charge in [-0.2, -0.15) is 0 Å². The molecule has 4 heteroatoms. The molecule has 2 heterocycles. The van der Waals surface area contributed by atoms with E-state index in [0.717, 1.165) is 47.2 Å². The predicted octanol–water partition coefficient (Wildman–Crippen LogP) is 3.65. The summed E-state index contributed by atoms with van der Waals surface area (Å²) in [5.41, 5.74) is 5.85. The molecule has 1 aliphatic carbocycles. The fraction of sp³-hybridized carbons (Fsp3) is 0.368. The molecule has 23 heavy (non-hydrogen) atoms. The van der Waals surface area contributed by atoms with E-state index in [0.29, 0.717) is 0 Å². The Morgan fingerprint density at radius 3 is 2.83 bits per heavy atom. The molecule has 1 aliphatic rings. The largest absolute Gasteiger partial charge is 0.386 e. The maximum absolute atomic E-state index is 10.3. The number of rotatable bonds is 1. The smallest absolute Gasteiger partial charge is 0.125 e. The molecule has 0 saturated carbocycles.